The average molecular weight is 388 g/mol. The van der Waals surface area contributed by atoms with E-state index in [1.807, 2.05) is 35.2 Å². The zero-order valence-corrected chi connectivity index (χ0v) is 16.8. The normalized spacial score (nSPS) is 13.2. The number of hydrogen-bond donors (Lipinski definition) is 0. The molecule has 1 aliphatic heterocycles. The molecular weight excluding hydrogens is 366 g/mol. The first-order chi connectivity index (χ1) is 13.6. The summed E-state index contributed by atoms with van der Waals surface area (Å²) in [5, 5.41) is 11.1. The molecule has 0 saturated heterocycles. The quantitative estimate of drug-likeness (QED) is 0.606. The molecule has 3 aromatic rings. The van der Waals surface area contributed by atoms with E-state index in [1.54, 1.807) is 0 Å². The van der Waals surface area contributed by atoms with Gasteiger partial charge >= 0.3 is 0 Å². The zero-order valence-electron chi connectivity index (χ0n) is 16.0. The van der Waals surface area contributed by atoms with E-state index < -0.39 is 0 Å². The van der Waals surface area contributed by atoms with Crippen molar-refractivity contribution in [3.63, 3.8) is 0 Å². The van der Waals surface area contributed by atoms with Crippen LogP contribution in [0.2, 0.25) is 0 Å². The molecule has 0 radical (unpaired) electrons. The van der Waals surface area contributed by atoms with Gasteiger partial charge in [-0.05, 0) is 67.6 Å². The maximum Gasteiger partial charge on any atom is 0.237 e. The van der Waals surface area contributed by atoms with Crippen LogP contribution < -0.4 is 4.90 Å². The minimum atomic E-state index is 0.0584. The number of pyridine rings is 1. The van der Waals surface area contributed by atoms with Crippen molar-refractivity contribution < 1.29 is 4.79 Å². The SMILES string of the molecule is Cc1cc2cc(C#N)c(SCC(=O)N3CCCc4ccccc43)nc2cc1C. The Kier molecular flexibility index (Phi) is 5.06. The first-order valence-corrected chi connectivity index (χ1v) is 10.4. The fraction of sp³-hybridized carbons (Fsp3) is 0.261. The van der Waals surface area contributed by atoms with E-state index >= 15 is 0 Å². The molecule has 0 saturated carbocycles. The lowest BCUT2D eigenvalue weighted by Crippen LogP contribution is -2.36. The highest BCUT2D eigenvalue weighted by Crippen LogP contribution is 2.30. The van der Waals surface area contributed by atoms with Crippen LogP contribution in [0.5, 0.6) is 0 Å². The Labute approximate surface area is 169 Å². The van der Waals surface area contributed by atoms with Crippen molar-refractivity contribution in [3.05, 3.63) is 64.7 Å². The lowest BCUT2D eigenvalue weighted by atomic mass is 10.0. The molecule has 4 rings (SSSR count). The second-order valence-corrected chi connectivity index (χ2v) is 8.11. The lowest BCUT2D eigenvalue weighted by molar-refractivity contribution is -0.116. The number of hydrogen-bond acceptors (Lipinski definition) is 4. The number of carbonyl (C=O) groups is 1. The summed E-state index contributed by atoms with van der Waals surface area (Å²) < 4.78 is 0. The fourth-order valence-electron chi connectivity index (χ4n) is 3.61. The monoisotopic (exact) mass is 387 g/mol. The van der Waals surface area contributed by atoms with Gasteiger partial charge in [-0.2, -0.15) is 5.26 Å². The van der Waals surface area contributed by atoms with Crippen LogP contribution in [0.25, 0.3) is 10.9 Å². The summed E-state index contributed by atoms with van der Waals surface area (Å²) >= 11 is 1.35. The molecule has 0 N–H and O–H groups in total. The largest absolute Gasteiger partial charge is 0.311 e. The van der Waals surface area contributed by atoms with Gasteiger partial charge in [0, 0.05) is 17.6 Å². The van der Waals surface area contributed by atoms with Gasteiger partial charge in [0.05, 0.1) is 16.8 Å². The number of para-hydroxylation sites is 1. The van der Waals surface area contributed by atoms with Gasteiger partial charge in [0.25, 0.3) is 0 Å². The molecule has 5 heteroatoms. The molecule has 1 aromatic heterocycles. The summed E-state index contributed by atoms with van der Waals surface area (Å²) in [6.45, 7) is 4.85. The topological polar surface area (TPSA) is 57.0 Å². The van der Waals surface area contributed by atoms with E-state index in [2.05, 4.69) is 37.0 Å². The molecule has 0 aliphatic carbocycles. The van der Waals surface area contributed by atoms with E-state index in [1.165, 1.54) is 28.5 Å². The number of amides is 1. The molecular formula is C23H21N3OS. The Morgan fingerprint density at radius 1 is 1.21 bits per heavy atom. The number of nitriles is 1. The van der Waals surface area contributed by atoms with E-state index in [-0.39, 0.29) is 11.7 Å². The third-order valence-corrected chi connectivity index (χ3v) is 6.24. The number of nitrogens with zero attached hydrogens (tertiary/aromatic N) is 3. The summed E-state index contributed by atoms with van der Waals surface area (Å²) in [6, 6.07) is 16.3. The molecule has 0 bridgehead atoms. The second-order valence-electron chi connectivity index (χ2n) is 7.15. The van der Waals surface area contributed by atoms with Crippen molar-refractivity contribution in [3.8, 4) is 6.07 Å². The molecule has 2 aromatic carbocycles. The molecule has 0 fully saturated rings. The molecule has 1 amide bonds. The van der Waals surface area contributed by atoms with Crippen LogP contribution in [0.15, 0.2) is 47.5 Å². The van der Waals surface area contributed by atoms with Crippen LogP contribution in [0.1, 0.15) is 28.7 Å². The van der Waals surface area contributed by atoms with Crippen molar-refractivity contribution in [2.24, 2.45) is 0 Å². The number of aryl methyl sites for hydroxylation is 3. The number of rotatable bonds is 3. The summed E-state index contributed by atoms with van der Waals surface area (Å²) in [5.74, 6) is 0.329. The van der Waals surface area contributed by atoms with Crippen LogP contribution in [0.3, 0.4) is 0 Å². The Balaban J connectivity index is 1.58. The summed E-state index contributed by atoms with van der Waals surface area (Å²) in [4.78, 5) is 19.4. The van der Waals surface area contributed by atoms with Gasteiger partial charge in [-0.1, -0.05) is 30.0 Å². The van der Waals surface area contributed by atoms with Crippen molar-refractivity contribution in [1.29, 1.82) is 5.26 Å². The fourth-order valence-corrected chi connectivity index (χ4v) is 4.45. The molecule has 0 atom stereocenters. The number of carbonyl (C=O) groups excluding carboxylic acids is 1. The average Bonchev–Trinajstić information content (AvgIpc) is 2.72. The number of fused-ring (bicyclic) bond motifs is 2. The van der Waals surface area contributed by atoms with Gasteiger partial charge in [0.2, 0.25) is 5.91 Å². The van der Waals surface area contributed by atoms with Crippen LogP contribution in [0, 0.1) is 25.2 Å². The maximum absolute atomic E-state index is 12.9. The highest BCUT2D eigenvalue weighted by Gasteiger charge is 2.22. The van der Waals surface area contributed by atoms with E-state index in [0.717, 1.165) is 36.0 Å². The Bertz CT molecular complexity index is 1120. The molecule has 1 aliphatic rings. The molecule has 140 valence electrons. The predicted octanol–water partition coefficient (Wildman–Crippen LogP) is 4.79. The van der Waals surface area contributed by atoms with Gasteiger partial charge in [0.15, 0.2) is 0 Å². The highest BCUT2D eigenvalue weighted by atomic mass is 32.2. The zero-order chi connectivity index (χ0) is 19.7. The second kappa shape index (κ2) is 7.65. The molecule has 0 unspecified atom stereocenters. The van der Waals surface area contributed by atoms with Gasteiger partial charge in [-0.25, -0.2) is 4.98 Å². The van der Waals surface area contributed by atoms with Crippen molar-refractivity contribution in [2.45, 2.75) is 31.7 Å². The summed E-state index contributed by atoms with van der Waals surface area (Å²) in [7, 11) is 0. The van der Waals surface area contributed by atoms with Crippen LogP contribution >= 0.6 is 11.8 Å². The first-order valence-electron chi connectivity index (χ1n) is 9.40. The Morgan fingerprint density at radius 2 is 2.00 bits per heavy atom. The lowest BCUT2D eigenvalue weighted by Gasteiger charge is -2.29. The van der Waals surface area contributed by atoms with E-state index in [9.17, 15) is 10.1 Å². The standard InChI is InChI=1S/C23H21N3OS/c1-15-10-18-12-19(13-24)23(25-20(18)11-16(15)2)28-14-22(27)26-9-5-7-17-6-3-4-8-21(17)26/h3-4,6,8,10-12H,5,7,9,14H2,1-2H3. The van der Waals surface area contributed by atoms with Crippen LogP contribution in [-0.4, -0.2) is 23.2 Å². The Morgan fingerprint density at radius 3 is 2.82 bits per heavy atom. The summed E-state index contributed by atoms with van der Waals surface area (Å²) in [6.07, 6.45) is 1.99. The third kappa shape index (κ3) is 3.48. The molecule has 0 spiro atoms. The number of anilines is 1. The first kappa shape index (κ1) is 18.5. The highest BCUT2D eigenvalue weighted by molar-refractivity contribution is 8.00. The third-order valence-electron chi connectivity index (χ3n) is 5.26. The van der Waals surface area contributed by atoms with Gasteiger partial charge < -0.3 is 4.90 Å². The van der Waals surface area contributed by atoms with Crippen molar-refractivity contribution in [1.82, 2.24) is 4.98 Å². The van der Waals surface area contributed by atoms with Crippen LogP contribution in [-0.2, 0) is 11.2 Å². The minimum absolute atomic E-state index is 0.0584. The Hall–Kier alpha value is -2.84. The molecule has 28 heavy (non-hydrogen) atoms. The van der Waals surface area contributed by atoms with Crippen molar-refractivity contribution >= 4 is 34.3 Å². The van der Waals surface area contributed by atoms with Gasteiger partial charge in [-0.15, -0.1) is 0 Å². The minimum Gasteiger partial charge on any atom is -0.311 e. The predicted molar refractivity (Wildman–Crippen MR) is 114 cm³/mol. The van der Waals surface area contributed by atoms with Crippen LogP contribution in [0.4, 0.5) is 5.69 Å². The van der Waals surface area contributed by atoms with Crippen molar-refractivity contribution in [2.75, 3.05) is 17.2 Å². The maximum atomic E-state index is 12.9. The van der Waals surface area contributed by atoms with Gasteiger partial charge in [-0.3, -0.25) is 4.79 Å². The number of benzene rings is 2. The molecule has 2 heterocycles. The number of aromatic nitrogens is 1. The number of thioether (sulfide) groups is 1. The van der Waals surface area contributed by atoms with Gasteiger partial charge in [0.1, 0.15) is 11.1 Å². The van der Waals surface area contributed by atoms with E-state index in [0.29, 0.717) is 10.6 Å². The molecule has 4 nitrogen and oxygen atoms in total. The smallest absolute Gasteiger partial charge is 0.237 e. The van der Waals surface area contributed by atoms with E-state index in [4.69, 9.17) is 0 Å². The summed E-state index contributed by atoms with van der Waals surface area (Å²) in [5.41, 5.74) is 5.96.